The van der Waals surface area contributed by atoms with Crippen LogP contribution in [0.1, 0.15) is 34.2 Å². The number of carbonyl (C=O) groups is 2. The highest BCUT2D eigenvalue weighted by atomic mass is 19.2. The van der Waals surface area contributed by atoms with Gasteiger partial charge in [0.2, 0.25) is 0 Å². The van der Waals surface area contributed by atoms with E-state index in [-0.39, 0.29) is 17.9 Å². The van der Waals surface area contributed by atoms with Gasteiger partial charge in [-0.1, -0.05) is 35.5 Å². The molecule has 1 heterocycles. The fraction of sp³-hybridized carbons (Fsp3) is 0.158. The Labute approximate surface area is 158 Å². The minimum atomic E-state index is -1.18. The Balaban J connectivity index is 1.85. The molecule has 1 unspecified atom stereocenters. The van der Waals surface area contributed by atoms with E-state index in [0.717, 1.165) is 11.6 Å². The Hall–Kier alpha value is -3.62. The molecule has 144 valence electrons. The van der Waals surface area contributed by atoms with Gasteiger partial charge in [-0.15, -0.1) is 0 Å². The molecule has 0 saturated heterocycles. The lowest BCUT2D eigenvalue weighted by Gasteiger charge is -2.18. The maximum absolute atomic E-state index is 13.8. The summed E-state index contributed by atoms with van der Waals surface area (Å²) < 4.78 is 32.1. The number of rotatable bonds is 6. The van der Waals surface area contributed by atoms with E-state index in [4.69, 9.17) is 9.63 Å². The number of aromatic nitrogens is 2. The summed E-state index contributed by atoms with van der Waals surface area (Å²) in [6, 6.07) is 9.59. The number of carboxylic acids is 1. The highest BCUT2D eigenvalue weighted by Gasteiger charge is 2.24. The molecular formula is C19H15F2N3O4. The van der Waals surface area contributed by atoms with Gasteiger partial charge in [0, 0.05) is 0 Å². The van der Waals surface area contributed by atoms with Crippen LogP contribution >= 0.6 is 0 Å². The summed E-state index contributed by atoms with van der Waals surface area (Å²) in [5, 5.41) is 15.2. The van der Waals surface area contributed by atoms with Crippen molar-refractivity contribution in [1.29, 1.82) is 0 Å². The Morgan fingerprint density at radius 3 is 2.64 bits per heavy atom. The molecular weight excluding hydrogens is 372 g/mol. The molecule has 3 aromatic rings. The average molecular weight is 387 g/mol. The molecule has 0 aliphatic carbocycles. The number of carbonyl (C=O) groups excluding carboxylic acids is 1. The summed E-state index contributed by atoms with van der Waals surface area (Å²) in [4.78, 5) is 27.4. The van der Waals surface area contributed by atoms with Crippen LogP contribution in [0.5, 0.6) is 0 Å². The van der Waals surface area contributed by atoms with Crippen molar-refractivity contribution >= 4 is 11.9 Å². The summed E-state index contributed by atoms with van der Waals surface area (Å²) in [6.07, 6.45) is -0.361. The van der Waals surface area contributed by atoms with E-state index in [2.05, 4.69) is 15.5 Å². The van der Waals surface area contributed by atoms with E-state index in [1.54, 1.807) is 31.2 Å². The van der Waals surface area contributed by atoms with Crippen molar-refractivity contribution < 1.29 is 28.0 Å². The first kappa shape index (κ1) is 19.2. The molecule has 0 spiro atoms. The highest BCUT2D eigenvalue weighted by Crippen LogP contribution is 2.24. The SMILES string of the molecule is Cc1ccccc1C(CC(=O)O)NC(=O)c1noc(-c2cccc(F)c2F)n1. The van der Waals surface area contributed by atoms with E-state index in [1.807, 2.05) is 0 Å². The van der Waals surface area contributed by atoms with Gasteiger partial charge in [0.1, 0.15) is 0 Å². The lowest BCUT2D eigenvalue weighted by molar-refractivity contribution is -0.137. The van der Waals surface area contributed by atoms with Gasteiger partial charge in [0.05, 0.1) is 18.0 Å². The van der Waals surface area contributed by atoms with Crippen LogP contribution in [0.25, 0.3) is 11.5 Å². The van der Waals surface area contributed by atoms with Crippen molar-refractivity contribution in [2.45, 2.75) is 19.4 Å². The zero-order chi connectivity index (χ0) is 20.3. The van der Waals surface area contributed by atoms with Gasteiger partial charge in [-0.2, -0.15) is 4.98 Å². The van der Waals surface area contributed by atoms with Crippen molar-refractivity contribution in [2.75, 3.05) is 0 Å². The number of aliphatic carboxylic acids is 1. The third-order valence-corrected chi connectivity index (χ3v) is 4.06. The minimum Gasteiger partial charge on any atom is -0.481 e. The molecule has 0 aliphatic heterocycles. The maximum Gasteiger partial charge on any atom is 0.305 e. The fourth-order valence-electron chi connectivity index (χ4n) is 2.71. The molecule has 1 amide bonds. The van der Waals surface area contributed by atoms with Gasteiger partial charge < -0.3 is 14.9 Å². The van der Waals surface area contributed by atoms with Gasteiger partial charge >= 0.3 is 5.97 Å². The topological polar surface area (TPSA) is 105 Å². The van der Waals surface area contributed by atoms with Crippen molar-refractivity contribution in [3.05, 3.63) is 71.1 Å². The molecule has 0 fully saturated rings. The quantitative estimate of drug-likeness (QED) is 0.673. The summed E-state index contributed by atoms with van der Waals surface area (Å²) in [5.74, 6) is -4.98. The van der Waals surface area contributed by atoms with Gasteiger partial charge in [0.15, 0.2) is 11.6 Å². The van der Waals surface area contributed by atoms with Crippen LogP contribution in [0.4, 0.5) is 8.78 Å². The predicted molar refractivity (Wildman–Crippen MR) is 93.3 cm³/mol. The molecule has 7 nitrogen and oxygen atoms in total. The van der Waals surface area contributed by atoms with Gasteiger partial charge in [-0.05, 0) is 30.2 Å². The molecule has 28 heavy (non-hydrogen) atoms. The number of aryl methyl sites for hydroxylation is 1. The van der Waals surface area contributed by atoms with Crippen LogP contribution in [0.3, 0.4) is 0 Å². The van der Waals surface area contributed by atoms with Crippen LogP contribution in [0.15, 0.2) is 47.0 Å². The molecule has 1 atom stereocenters. The standard InChI is InChI=1S/C19H15F2N3O4/c1-10-5-2-3-6-11(10)14(9-15(25)26)22-18(27)17-23-19(28-24-17)12-7-4-8-13(20)16(12)21/h2-8,14H,9H2,1H3,(H,22,27)(H,25,26). The number of amides is 1. The van der Waals surface area contributed by atoms with E-state index in [0.29, 0.717) is 5.56 Å². The first-order valence-corrected chi connectivity index (χ1v) is 8.23. The third kappa shape index (κ3) is 4.03. The highest BCUT2D eigenvalue weighted by molar-refractivity contribution is 5.91. The van der Waals surface area contributed by atoms with Crippen molar-refractivity contribution in [2.24, 2.45) is 0 Å². The first-order chi connectivity index (χ1) is 13.4. The van der Waals surface area contributed by atoms with Gasteiger partial charge in [-0.25, -0.2) is 8.78 Å². The number of carboxylic acid groups (broad SMARTS) is 1. The number of nitrogens with one attached hydrogen (secondary N) is 1. The van der Waals surface area contributed by atoms with Gasteiger partial charge in [-0.3, -0.25) is 9.59 Å². The normalized spacial score (nSPS) is 11.8. The number of halogens is 2. The van der Waals surface area contributed by atoms with E-state index >= 15 is 0 Å². The monoisotopic (exact) mass is 387 g/mol. The Morgan fingerprint density at radius 2 is 1.93 bits per heavy atom. The maximum atomic E-state index is 13.8. The first-order valence-electron chi connectivity index (χ1n) is 8.23. The minimum absolute atomic E-state index is 0.285. The summed E-state index contributed by atoms with van der Waals surface area (Å²) in [5.41, 5.74) is 1.13. The number of benzene rings is 2. The molecule has 0 bridgehead atoms. The van der Waals surface area contributed by atoms with Crippen LogP contribution in [-0.2, 0) is 4.79 Å². The third-order valence-electron chi connectivity index (χ3n) is 4.06. The molecule has 0 saturated carbocycles. The summed E-state index contributed by atoms with van der Waals surface area (Å²) >= 11 is 0. The number of hydrogen-bond acceptors (Lipinski definition) is 5. The van der Waals surface area contributed by atoms with E-state index < -0.39 is 35.4 Å². The second-order valence-corrected chi connectivity index (χ2v) is 6.01. The molecule has 9 heteroatoms. The average Bonchev–Trinajstić information content (AvgIpc) is 3.13. The number of nitrogens with zero attached hydrogens (tertiary/aromatic N) is 2. The summed E-state index contributed by atoms with van der Waals surface area (Å²) in [7, 11) is 0. The molecule has 2 N–H and O–H groups in total. The van der Waals surface area contributed by atoms with E-state index in [1.165, 1.54) is 12.1 Å². The zero-order valence-electron chi connectivity index (χ0n) is 14.6. The lowest BCUT2D eigenvalue weighted by Crippen LogP contribution is -2.31. The summed E-state index contributed by atoms with van der Waals surface area (Å²) in [6.45, 7) is 1.79. The largest absolute Gasteiger partial charge is 0.481 e. The molecule has 2 aromatic carbocycles. The van der Waals surface area contributed by atoms with Crippen molar-refractivity contribution in [3.63, 3.8) is 0 Å². The Bertz CT molecular complexity index is 1040. The molecule has 0 aliphatic rings. The zero-order valence-corrected chi connectivity index (χ0v) is 14.6. The van der Waals surface area contributed by atoms with Crippen LogP contribution < -0.4 is 5.32 Å². The van der Waals surface area contributed by atoms with Gasteiger partial charge in [0.25, 0.3) is 17.6 Å². The van der Waals surface area contributed by atoms with Crippen LogP contribution in [-0.4, -0.2) is 27.1 Å². The number of hydrogen-bond donors (Lipinski definition) is 2. The Kier molecular flexibility index (Phi) is 5.44. The molecule has 1 aromatic heterocycles. The second-order valence-electron chi connectivity index (χ2n) is 6.01. The van der Waals surface area contributed by atoms with Crippen molar-refractivity contribution in [3.8, 4) is 11.5 Å². The second kappa shape index (κ2) is 7.95. The molecule has 3 rings (SSSR count). The molecule has 0 radical (unpaired) electrons. The predicted octanol–water partition coefficient (Wildman–Crippen LogP) is 3.27. The smallest absolute Gasteiger partial charge is 0.305 e. The van der Waals surface area contributed by atoms with Crippen LogP contribution in [0.2, 0.25) is 0 Å². The van der Waals surface area contributed by atoms with Crippen LogP contribution in [0, 0.1) is 18.6 Å². The Morgan fingerprint density at radius 1 is 1.18 bits per heavy atom. The lowest BCUT2D eigenvalue weighted by atomic mass is 9.99. The fourth-order valence-corrected chi connectivity index (χ4v) is 2.71. The van der Waals surface area contributed by atoms with Crippen molar-refractivity contribution in [1.82, 2.24) is 15.5 Å². The van der Waals surface area contributed by atoms with E-state index in [9.17, 15) is 18.4 Å².